The molecule has 0 spiro atoms. The van der Waals surface area contributed by atoms with Crippen LogP contribution in [0.4, 0.5) is 0 Å². The van der Waals surface area contributed by atoms with Crippen molar-refractivity contribution in [2.24, 2.45) is 0 Å². The number of rotatable bonds is 4. The highest BCUT2D eigenvalue weighted by atomic mass is 32.2. The molecular formula is C10H14N2O2S. The lowest BCUT2D eigenvalue weighted by Crippen LogP contribution is -2.08. The minimum absolute atomic E-state index is 0.315. The fraction of sp³-hybridized carbons (Fsp3) is 0.500. The van der Waals surface area contributed by atoms with Gasteiger partial charge in [0, 0.05) is 11.4 Å². The van der Waals surface area contributed by atoms with Crippen LogP contribution in [0.5, 0.6) is 0 Å². The number of aromatic nitrogens is 2. The smallest absolute Gasteiger partial charge is 0.357 e. The highest BCUT2D eigenvalue weighted by Crippen LogP contribution is 2.18. The molecule has 0 aliphatic rings. The van der Waals surface area contributed by atoms with Crippen molar-refractivity contribution in [2.75, 3.05) is 6.61 Å². The highest BCUT2D eigenvalue weighted by molar-refractivity contribution is 7.99. The van der Waals surface area contributed by atoms with Gasteiger partial charge in [0.2, 0.25) is 0 Å². The molecule has 0 radical (unpaired) electrons. The number of esters is 1. The molecule has 0 N–H and O–H groups in total. The summed E-state index contributed by atoms with van der Waals surface area (Å²) in [5, 5.41) is 0.998. The van der Waals surface area contributed by atoms with E-state index in [-0.39, 0.29) is 0 Å². The fourth-order valence-corrected chi connectivity index (χ4v) is 1.62. The second-order valence-corrected chi connectivity index (χ2v) is 4.66. The number of carbonyl (C=O) groups is 1. The van der Waals surface area contributed by atoms with Crippen LogP contribution in [0.15, 0.2) is 17.4 Å². The Hall–Kier alpha value is -1.10. The van der Waals surface area contributed by atoms with E-state index in [1.807, 2.05) is 13.8 Å². The molecule has 0 aliphatic heterocycles. The van der Waals surface area contributed by atoms with Gasteiger partial charge in [-0.1, -0.05) is 25.6 Å². The van der Waals surface area contributed by atoms with Crippen LogP contribution < -0.4 is 0 Å². The Balaban J connectivity index is 2.78. The number of nitrogens with zero attached hydrogens (tertiary/aromatic N) is 2. The second-order valence-electron chi connectivity index (χ2n) is 3.11. The van der Waals surface area contributed by atoms with Crippen LogP contribution in [0, 0.1) is 0 Å². The monoisotopic (exact) mass is 226 g/mol. The molecular weight excluding hydrogens is 212 g/mol. The van der Waals surface area contributed by atoms with Crippen molar-refractivity contribution in [1.82, 2.24) is 9.97 Å². The SMILES string of the molecule is CCOC(=O)c1ccnc(SC(C)C)n1. The van der Waals surface area contributed by atoms with Crippen LogP contribution in [-0.4, -0.2) is 27.8 Å². The predicted octanol–water partition coefficient (Wildman–Crippen LogP) is 2.15. The third kappa shape index (κ3) is 3.87. The summed E-state index contributed by atoms with van der Waals surface area (Å²) in [5.41, 5.74) is 0.315. The van der Waals surface area contributed by atoms with Crippen molar-refractivity contribution in [1.29, 1.82) is 0 Å². The summed E-state index contributed by atoms with van der Waals surface area (Å²) in [5.74, 6) is -0.398. The van der Waals surface area contributed by atoms with E-state index < -0.39 is 5.97 Å². The van der Waals surface area contributed by atoms with E-state index in [1.54, 1.807) is 19.2 Å². The van der Waals surface area contributed by atoms with Gasteiger partial charge in [-0.2, -0.15) is 0 Å². The Bertz CT molecular complexity index is 342. The first-order chi connectivity index (χ1) is 7.13. The number of hydrogen-bond acceptors (Lipinski definition) is 5. The average Bonchev–Trinajstić information content (AvgIpc) is 2.17. The number of ether oxygens (including phenoxy) is 1. The molecule has 0 aromatic carbocycles. The molecule has 1 aromatic heterocycles. The first kappa shape index (κ1) is 12.0. The van der Waals surface area contributed by atoms with E-state index >= 15 is 0 Å². The van der Waals surface area contributed by atoms with Crippen molar-refractivity contribution >= 4 is 17.7 Å². The lowest BCUT2D eigenvalue weighted by molar-refractivity contribution is 0.0518. The van der Waals surface area contributed by atoms with Crippen molar-refractivity contribution in [3.8, 4) is 0 Å². The molecule has 1 heterocycles. The van der Waals surface area contributed by atoms with Crippen LogP contribution in [0.25, 0.3) is 0 Å². The average molecular weight is 226 g/mol. The van der Waals surface area contributed by atoms with Gasteiger partial charge in [0.25, 0.3) is 0 Å². The van der Waals surface area contributed by atoms with Gasteiger partial charge in [-0.05, 0) is 13.0 Å². The van der Waals surface area contributed by atoms with Crippen LogP contribution >= 0.6 is 11.8 Å². The van der Waals surface area contributed by atoms with E-state index in [9.17, 15) is 4.79 Å². The standard InChI is InChI=1S/C10H14N2O2S/c1-4-14-9(13)8-5-6-11-10(12-8)15-7(2)3/h5-7H,4H2,1-3H3. The Morgan fingerprint density at radius 1 is 1.60 bits per heavy atom. The first-order valence-electron chi connectivity index (χ1n) is 4.80. The minimum Gasteiger partial charge on any atom is -0.461 e. The molecule has 0 aliphatic carbocycles. The summed E-state index contributed by atoms with van der Waals surface area (Å²) in [4.78, 5) is 19.5. The van der Waals surface area contributed by atoms with Gasteiger partial charge in [-0.25, -0.2) is 14.8 Å². The molecule has 0 saturated carbocycles. The molecule has 0 saturated heterocycles. The molecule has 5 heteroatoms. The van der Waals surface area contributed by atoms with Crippen molar-refractivity contribution in [3.63, 3.8) is 0 Å². The molecule has 0 fully saturated rings. The van der Waals surface area contributed by atoms with E-state index in [1.165, 1.54) is 11.8 Å². The topological polar surface area (TPSA) is 52.1 Å². The van der Waals surface area contributed by atoms with Gasteiger partial charge in [-0.3, -0.25) is 0 Å². The van der Waals surface area contributed by atoms with Crippen molar-refractivity contribution in [3.05, 3.63) is 18.0 Å². The Labute approximate surface area is 93.5 Å². The molecule has 0 amide bonds. The van der Waals surface area contributed by atoms with Crippen LogP contribution in [0.1, 0.15) is 31.3 Å². The van der Waals surface area contributed by atoms with Crippen LogP contribution in [0.3, 0.4) is 0 Å². The Morgan fingerprint density at radius 2 is 2.33 bits per heavy atom. The molecule has 82 valence electrons. The summed E-state index contributed by atoms with van der Waals surface area (Å²) in [6.45, 7) is 6.22. The quantitative estimate of drug-likeness (QED) is 0.447. The van der Waals surface area contributed by atoms with E-state index in [2.05, 4.69) is 9.97 Å². The zero-order chi connectivity index (χ0) is 11.3. The summed E-state index contributed by atoms with van der Waals surface area (Å²) >= 11 is 1.52. The summed E-state index contributed by atoms with van der Waals surface area (Å²) in [6.07, 6.45) is 1.57. The molecule has 0 unspecified atom stereocenters. The highest BCUT2D eigenvalue weighted by Gasteiger charge is 2.10. The van der Waals surface area contributed by atoms with Crippen molar-refractivity contribution < 1.29 is 9.53 Å². The Morgan fingerprint density at radius 3 is 2.93 bits per heavy atom. The normalized spacial score (nSPS) is 10.4. The minimum atomic E-state index is -0.398. The van der Waals surface area contributed by atoms with Gasteiger partial charge in [0.1, 0.15) is 0 Å². The Kier molecular flexibility index (Phi) is 4.55. The lowest BCUT2D eigenvalue weighted by Gasteiger charge is -2.04. The molecule has 0 bridgehead atoms. The van der Waals surface area contributed by atoms with Gasteiger partial charge in [0.05, 0.1) is 6.61 Å². The fourth-order valence-electron chi connectivity index (χ4n) is 0.927. The maximum atomic E-state index is 11.4. The number of carbonyl (C=O) groups excluding carboxylic acids is 1. The number of hydrogen-bond donors (Lipinski definition) is 0. The lowest BCUT2D eigenvalue weighted by atomic mass is 10.4. The molecule has 1 rings (SSSR count). The van der Waals surface area contributed by atoms with Gasteiger partial charge >= 0.3 is 5.97 Å². The largest absolute Gasteiger partial charge is 0.461 e. The van der Waals surface area contributed by atoms with E-state index in [0.717, 1.165) is 0 Å². The first-order valence-corrected chi connectivity index (χ1v) is 5.68. The van der Waals surface area contributed by atoms with Crippen LogP contribution in [0.2, 0.25) is 0 Å². The van der Waals surface area contributed by atoms with Crippen molar-refractivity contribution in [2.45, 2.75) is 31.2 Å². The molecule has 1 aromatic rings. The predicted molar refractivity (Wildman–Crippen MR) is 59.0 cm³/mol. The molecule has 0 atom stereocenters. The maximum Gasteiger partial charge on any atom is 0.357 e. The van der Waals surface area contributed by atoms with Gasteiger partial charge in [0.15, 0.2) is 10.9 Å². The number of thioether (sulfide) groups is 1. The maximum absolute atomic E-state index is 11.4. The van der Waals surface area contributed by atoms with Gasteiger partial charge < -0.3 is 4.74 Å². The van der Waals surface area contributed by atoms with Gasteiger partial charge in [-0.15, -0.1) is 0 Å². The van der Waals surface area contributed by atoms with E-state index in [0.29, 0.717) is 22.7 Å². The zero-order valence-electron chi connectivity index (χ0n) is 9.06. The molecule has 15 heavy (non-hydrogen) atoms. The zero-order valence-corrected chi connectivity index (χ0v) is 9.87. The summed E-state index contributed by atoms with van der Waals surface area (Å²) < 4.78 is 4.85. The third-order valence-corrected chi connectivity index (χ3v) is 2.34. The van der Waals surface area contributed by atoms with Crippen LogP contribution in [-0.2, 0) is 4.74 Å². The summed E-state index contributed by atoms with van der Waals surface area (Å²) in [7, 11) is 0. The van der Waals surface area contributed by atoms with E-state index in [4.69, 9.17) is 4.74 Å². The molecule has 4 nitrogen and oxygen atoms in total. The third-order valence-electron chi connectivity index (χ3n) is 1.46. The summed E-state index contributed by atoms with van der Waals surface area (Å²) in [6, 6.07) is 1.56. The second kappa shape index (κ2) is 5.70.